The average Bonchev–Trinajstić information content (AvgIpc) is 3.43. The van der Waals surface area contributed by atoms with E-state index in [-0.39, 0.29) is 17.9 Å². The molecular weight excluding hydrogens is 440 g/mol. The fourth-order valence-electron chi connectivity index (χ4n) is 3.93. The minimum Gasteiger partial charge on any atom is -0.472 e. The number of carbonyl (C=O) groups excluding carboxylic acids is 2. The normalized spacial score (nSPS) is 14.7. The molecule has 1 aromatic carbocycles. The molecule has 0 saturated carbocycles. The van der Waals surface area contributed by atoms with E-state index in [9.17, 15) is 9.59 Å². The van der Waals surface area contributed by atoms with Crippen molar-refractivity contribution >= 4 is 29.5 Å². The lowest BCUT2D eigenvalue weighted by atomic mass is 10.0. The molecule has 2 amide bonds. The Hall–Kier alpha value is -3.32. The SMILES string of the molecule is Cc1ccc(Cn2nc(C)c(/C=C/C(=O)NC3CCN(C(=O)c4ccoc4)CC3)c2Cl)cc1. The Morgan fingerprint density at radius 2 is 1.91 bits per heavy atom. The molecule has 1 fully saturated rings. The van der Waals surface area contributed by atoms with Crippen molar-refractivity contribution in [3.8, 4) is 0 Å². The minimum absolute atomic E-state index is 0.0244. The van der Waals surface area contributed by atoms with Gasteiger partial charge < -0.3 is 14.6 Å². The second-order valence-electron chi connectivity index (χ2n) is 8.35. The van der Waals surface area contributed by atoms with Crippen LogP contribution in [0, 0.1) is 13.8 Å². The van der Waals surface area contributed by atoms with Crippen LogP contribution in [0.2, 0.25) is 5.15 Å². The highest BCUT2D eigenvalue weighted by molar-refractivity contribution is 6.31. The highest BCUT2D eigenvalue weighted by Crippen LogP contribution is 2.22. The van der Waals surface area contributed by atoms with Crippen LogP contribution in [0.5, 0.6) is 0 Å². The van der Waals surface area contributed by atoms with E-state index in [2.05, 4.69) is 34.7 Å². The maximum atomic E-state index is 12.5. The predicted molar refractivity (Wildman–Crippen MR) is 127 cm³/mol. The number of halogens is 1. The number of aromatic nitrogens is 2. The first-order chi connectivity index (χ1) is 15.9. The van der Waals surface area contributed by atoms with Crippen LogP contribution < -0.4 is 5.32 Å². The zero-order valence-corrected chi connectivity index (χ0v) is 19.5. The highest BCUT2D eigenvalue weighted by Gasteiger charge is 2.24. The van der Waals surface area contributed by atoms with Gasteiger partial charge in [-0.25, -0.2) is 4.68 Å². The Bertz CT molecular complexity index is 1140. The molecule has 33 heavy (non-hydrogen) atoms. The summed E-state index contributed by atoms with van der Waals surface area (Å²) in [6.07, 6.45) is 7.57. The quantitative estimate of drug-likeness (QED) is 0.551. The van der Waals surface area contributed by atoms with Gasteiger partial charge in [-0.2, -0.15) is 5.10 Å². The standard InChI is InChI=1S/C25H27ClN4O3/c1-17-3-5-19(6-4-17)15-30-24(26)22(18(2)28-30)7-8-23(31)27-21-9-12-29(13-10-21)25(32)20-11-14-33-16-20/h3-8,11,14,16,21H,9-10,12-13,15H2,1-2H3,(H,27,31)/b8-7+. The number of amides is 2. The van der Waals surface area contributed by atoms with Crippen molar-refractivity contribution in [2.24, 2.45) is 0 Å². The summed E-state index contributed by atoms with van der Waals surface area (Å²) in [7, 11) is 0. The lowest BCUT2D eigenvalue weighted by molar-refractivity contribution is -0.117. The maximum Gasteiger partial charge on any atom is 0.257 e. The Morgan fingerprint density at radius 3 is 2.58 bits per heavy atom. The number of benzene rings is 1. The molecule has 1 N–H and O–H groups in total. The van der Waals surface area contributed by atoms with Gasteiger partial charge in [0.05, 0.1) is 24.1 Å². The van der Waals surface area contributed by atoms with Gasteiger partial charge in [-0.05, 0) is 44.4 Å². The van der Waals surface area contributed by atoms with Crippen molar-refractivity contribution in [3.05, 3.63) is 82.0 Å². The third kappa shape index (κ3) is 5.54. The summed E-state index contributed by atoms with van der Waals surface area (Å²) < 4.78 is 6.73. The maximum absolute atomic E-state index is 12.5. The summed E-state index contributed by atoms with van der Waals surface area (Å²) in [6.45, 7) is 5.68. The molecule has 3 aromatic rings. The minimum atomic E-state index is -0.184. The Morgan fingerprint density at radius 1 is 1.18 bits per heavy atom. The van der Waals surface area contributed by atoms with Crippen molar-refractivity contribution < 1.29 is 14.0 Å². The van der Waals surface area contributed by atoms with Crippen molar-refractivity contribution in [1.29, 1.82) is 0 Å². The summed E-state index contributed by atoms with van der Waals surface area (Å²) in [4.78, 5) is 26.7. The fourth-order valence-corrected chi connectivity index (χ4v) is 4.23. The van der Waals surface area contributed by atoms with E-state index in [1.165, 1.54) is 24.2 Å². The van der Waals surface area contributed by atoms with Crippen LogP contribution in [0.25, 0.3) is 6.08 Å². The van der Waals surface area contributed by atoms with Crippen LogP contribution in [0.3, 0.4) is 0 Å². The van der Waals surface area contributed by atoms with E-state index in [4.69, 9.17) is 16.0 Å². The number of hydrogen-bond donors (Lipinski definition) is 1. The summed E-state index contributed by atoms with van der Waals surface area (Å²) >= 11 is 6.55. The van der Waals surface area contributed by atoms with Gasteiger partial charge in [0.15, 0.2) is 0 Å². The van der Waals surface area contributed by atoms with E-state index in [1.54, 1.807) is 21.7 Å². The van der Waals surface area contributed by atoms with Crippen LogP contribution in [-0.2, 0) is 11.3 Å². The van der Waals surface area contributed by atoms with Crippen molar-refractivity contribution in [2.75, 3.05) is 13.1 Å². The molecule has 1 aliphatic heterocycles. The van der Waals surface area contributed by atoms with E-state index in [1.807, 2.05) is 13.8 Å². The van der Waals surface area contributed by atoms with Crippen molar-refractivity contribution in [2.45, 2.75) is 39.3 Å². The summed E-state index contributed by atoms with van der Waals surface area (Å²) in [6, 6.07) is 9.91. The van der Waals surface area contributed by atoms with Gasteiger partial charge in [0.25, 0.3) is 5.91 Å². The molecule has 172 valence electrons. The third-order valence-electron chi connectivity index (χ3n) is 5.86. The van der Waals surface area contributed by atoms with Crippen LogP contribution in [0.1, 0.15) is 45.6 Å². The Kier molecular flexibility index (Phi) is 6.99. The smallest absolute Gasteiger partial charge is 0.257 e. The van der Waals surface area contributed by atoms with Crippen LogP contribution in [-0.4, -0.2) is 45.6 Å². The van der Waals surface area contributed by atoms with Gasteiger partial charge in [0.2, 0.25) is 5.91 Å². The molecule has 0 spiro atoms. The molecule has 1 aliphatic rings. The monoisotopic (exact) mass is 466 g/mol. The molecule has 0 unspecified atom stereocenters. The number of nitrogens with one attached hydrogen (secondary N) is 1. The molecule has 0 aliphatic carbocycles. The van der Waals surface area contributed by atoms with Gasteiger partial charge in [-0.3, -0.25) is 9.59 Å². The van der Waals surface area contributed by atoms with Crippen molar-refractivity contribution in [1.82, 2.24) is 20.0 Å². The van der Waals surface area contributed by atoms with Crippen LogP contribution in [0.4, 0.5) is 0 Å². The zero-order chi connectivity index (χ0) is 23.4. The number of rotatable bonds is 6. The lowest BCUT2D eigenvalue weighted by Crippen LogP contribution is -2.46. The molecule has 3 heterocycles. The average molecular weight is 467 g/mol. The van der Waals surface area contributed by atoms with Gasteiger partial charge in [-0.1, -0.05) is 41.4 Å². The van der Waals surface area contributed by atoms with Crippen LogP contribution in [0.15, 0.2) is 53.4 Å². The van der Waals surface area contributed by atoms with Crippen LogP contribution >= 0.6 is 11.6 Å². The highest BCUT2D eigenvalue weighted by atomic mass is 35.5. The molecule has 0 bridgehead atoms. The third-order valence-corrected chi connectivity index (χ3v) is 6.26. The molecule has 8 heteroatoms. The first-order valence-corrected chi connectivity index (χ1v) is 11.4. The molecule has 0 radical (unpaired) electrons. The molecule has 7 nitrogen and oxygen atoms in total. The topological polar surface area (TPSA) is 80.4 Å². The zero-order valence-electron chi connectivity index (χ0n) is 18.8. The Labute approximate surface area is 198 Å². The second kappa shape index (κ2) is 10.1. The predicted octanol–water partition coefficient (Wildman–Crippen LogP) is 4.23. The number of aryl methyl sites for hydroxylation is 2. The molecule has 0 atom stereocenters. The van der Waals surface area contributed by atoms with Gasteiger partial charge in [-0.15, -0.1) is 0 Å². The number of piperidine rings is 1. The molecule has 1 saturated heterocycles. The van der Waals surface area contributed by atoms with Gasteiger partial charge in [0, 0.05) is 30.8 Å². The summed E-state index contributed by atoms with van der Waals surface area (Å²) in [5.74, 6) is -0.224. The summed E-state index contributed by atoms with van der Waals surface area (Å²) in [5, 5.41) is 8.05. The molecule has 4 rings (SSSR count). The number of carbonyl (C=O) groups is 2. The molecular formula is C25H27ClN4O3. The first kappa shape index (κ1) is 22.9. The second-order valence-corrected chi connectivity index (χ2v) is 8.71. The number of furan rings is 1. The van der Waals surface area contributed by atoms with E-state index >= 15 is 0 Å². The lowest BCUT2D eigenvalue weighted by Gasteiger charge is -2.32. The van der Waals surface area contributed by atoms with E-state index in [0.717, 1.165) is 16.8 Å². The number of nitrogens with zero attached hydrogens (tertiary/aromatic N) is 3. The summed E-state index contributed by atoms with van der Waals surface area (Å²) in [5.41, 5.74) is 4.36. The van der Waals surface area contributed by atoms with E-state index < -0.39 is 0 Å². The first-order valence-electron chi connectivity index (χ1n) is 11.0. The van der Waals surface area contributed by atoms with Gasteiger partial charge >= 0.3 is 0 Å². The number of hydrogen-bond acceptors (Lipinski definition) is 4. The number of likely N-dealkylation sites (tertiary alicyclic amines) is 1. The Balaban J connectivity index is 1.31. The fraction of sp³-hybridized carbons (Fsp3) is 0.320. The molecule has 2 aromatic heterocycles. The van der Waals surface area contributed by atoms with Gasteiger partial charge in [0.1, 0.15) is 11.4 Å². The largest absolute Gasteiger partial charge is 0.472 e. The van der Waals surface area contributed by atoms with E-state index in [0.29, 0.717) is 43.2 Å². The van der Waals surface area contributed by atoms with Crippen molar-refractivity contribution in [3.63, 3.8) is 0 Å².